The van der Waals surface area contributed by atoms with Crippen LogP contribution in [0.4, 0.5) is 0 Å². The van der Waals surface area contributed by atoms with Crippen molar-refractivity contribution in [3.63, 3.8) is 0 Å². The molecule has 3 rings (SSSR count). The Kier molecular flexibility index (Phi) is 6.07. The second-order valence-corrected chi connectivity index (χ2v) is 7.38. The number of rotatable bonds is 5. The Morgan fingerprint density at radius 2 is 1.88 bits per heavy atom. The molecule has 0 saturated heterocycles. The van der Waals surface area contributed by atoms with Crippen LogP contribution in [0.15, 0.2) is 76.5 Å². The van der Waals surface area contributed by atoms with Crippen molar-refractivity contribution in [2.45, 2.75) is 19.3 Å². The molecule has 0 aliphatic heterocycles. The molecule has 3 aromatic rings. The summed E-state index contributed by atoms with van der Waals surface area (Å²) in [5.41, 5.74) is 4.90. The monoisotopic (exact) mass is 428 g/mol. The molecule has 2 aromatic carbocycles. The van der Waals surface area contributed by atoms with Crippen molar-refractivity contribution in [1.29, 1.82) is 0 Å². The molecular weight excluding hydrogens is 412 g/mol. The van der Waals surface area contributed by atoms with Crippen molar-refractivity contribution in [3.8, 4) is 0 Å². The van der Waals surface area contributed by atoms with Gasteiger partial charge in [0, 0.05) is 28.6 Å². The maximum absolute atomic E-state index is 9.64. The van der Waals surface area contributed by atoms with Crippen LogP contribution >= 0.6 is 27.5 Å². The lowest BCUT2D eigenvalue weighted by molar-refractivity contribution is 0.317. The molecule has 0 fully saturated rings. The molecule has 0 spiro atoms. The van der Waals surface area contributed by atoms with Gasteiger partial charge in [-0.05, 0) is 47.9 Å². The number of aromatic nitrogens is 1. The summed E-state index contributed by atoms with van der Waals surface area (Å²) in [4.78, 5) is 4.00. The highest BCUT2D eigenvalue weighted by molar-refractivity contribution is 9.10. The first-order chi connectivity index (χ1) is 12.6. The highest BCUT2D eigenvalue weighted by Gasteiger charge is 2.20. The molecule has 1 unspecified atom stereocenters. The van der Waals surface area contributed by atoms with Gasteiger partial charge in [-0.2, -0.15) is 0 Å². The molecule has 3 nitrogen and oxygen atoms in total. The maximum atomic E-state index is 9.64. The van der Waals surface area contributed by atoms with Crippen LogP contribution in [0.2, 0.25) is 5.15 Å². The van der Waals surface area contributed by atoms with Crippen molar-refractivity contribution in [3.05, 3.63) is 98.7 Å². The summed E-state index contributed by atoms with van der Waals surface area (Å²) in [7, 11) is 0. The van der Waals surface area contributed by atoms with E-state index in [9.17, 15) is 5.21 Å². The first kappa shape index (κ1) is 18.6. The number of oxime groups is 1. The topological polar surface area (TPSA) is 45.5 Å². The van der Waals surface area contributed by atoms with Crippen LogP contribution in [0.25, 0.3) is 0 Å². The standard InChI is InChI=1S/C21H18BrClN2O/c1-14-4-2-3-5-18(14)19(15-6-8-17(22)9-7-15)13-20(25-26)16-10-11-24-21(23)12-16/h2-12,19,26H,13H2,1H3/b25-20+. The van der Waals surface area contributed by atoms with Crippen LogP contribution in [0.5, 0.6) is 0 Å². The van der Waals surface area contributed by atoms with Crippen LogP contribution < -0.4 is 0 Å². The molecule has 0 saturated carbocycles. The summed E-state index contributed by atoms with van der Waals surface area (Å²) >= 11 is 9.50. The van der Waals surface area contributed by atoms with E-state index < -0.39 is 0 Å². The number of aryl methyl sites for hydroxylation is 1. The Morgan fingerprint density at radius 1 is 1.15 bits per heavy atom. The third-order valence-electron chi connectivity index (χ3n) is 4.41. The summed E-state index contributed by atoms with van der Waals surface area (Å²) in [5, 5.41) is 13.6. The number of pyridine rings is 1. The minimum absolute atomic E-state index is 0.0575. The third kappa shape index (κ3) is 4.32. The van der Waals surface area contributed by atoms with Gasteiger partial charge >= 0.3 is 0 Å². The summed E-state index contributed by atoms with van der Waals surface area (Å²) < 4.78 is 1.03. The summed E-state index contributed by atoms with van der Waals surface area (Å²) in [6.45, 7) is 2.10. The van der Waals surface area contributed by atoms with E-state index in [1.807, 2.05) is 24.3 Å². The average molecular weight is 430 g/mol. The molecule has 0 bridgehead atoms. The molecule has 1 atom stereocenters. The fourth-order valence-corrected chi connectivity index (χ4v) is 3.51. The number of nitrogens with zero attached hydrogens (tertiary/aromatic N) is 2. The molecule has 5 heteroatoms. The molecule has 0 aliphatic rings. The highest BCUT2D eigenvalue weighted by Crippen LogP contribution is 2.32. The van der Waals surface area contributed by atoms with E-state index in [0.29, 0.717) is 17.3 Å². The maximum Gasteiger partial charge on any atom is 0.129 e. The fraction of sp³-hybridized carbons (Fsp3) is 0.143. The van der Waals surface area contributed by atoms with Crippen molar-refractivity contribution in [2.75, 3.05) is 0 Å². The predicted octanol–water partition coefficient (Wildman–Crippen LogP) is 6.21. The molecule has 1 heterocycles. The lowest BCUT2D eigenvalue weighted by atomic mass is 9.83. The number of benzene rings is 2. The summed E-state index contributed by atoms with van der Waals surface area (Å²) in [5.74, 6) is 0.0575. The van der Waals surface area contributed by atoms with Gasteiger partial charge in [-0.1, -0.05) is 69.1 Å². The molecule has 0 aliphatic carbocycles. The van der Waals surface area contributed by atoms with Crippen LogP contribution in [0, 0.1) is 6.92 Å². The zero-order chi connectivity index (χ0) is 18.5. The van der Waals surface area contributed by atoms with Gasteiger partial charge in [-0.15, -0.1) is 0 Å². The molecule has 0 radical (unpaired) electrons. The highest BCUT2D eigenvalue weighted by atomic mass is 79.9. The van der Waals surface area contributed by atoms with Gasteiger partial charge in [0.25, 0.3) is 0 Å². The SMILES string of the molecule is Cc1ccccc1C(C/C(=N\O)c1ccnc(Cl)c1)c1ccc(Br)cc1. The van der Waals surface area contributed by atoms with E-state index in [4.69, 9.17) is 11.6 Å². The van der Waals surface area contributed by atoms with Crippen LogP contribution in [-0.2, 0) is 0 Å². The predicted molar refractivity (Wildman–Crippen MR) is 109 cm³/mol. The van der Waals surface area contributed by atoms with Gasteiger partial charge in [0.05, 0.1) is 5.71 Å². The Morgan fingerprint density at radius 3 is 2.54 bits per heavy atom. The zero-order valence-corrected chi connectivity index (χ0v) is 16.6. The summed E-state index contributed by atoms with van der Waals surface area (Å²) in [6.07, 6.45) is 2.16. The molecule has 26 heavy (non-hydrogen) atoms. The Balaban J connectivity index is 2.03. The van der Waals surface area contributed by atoms with E-state index >= 15 is 0 Å². The zero-order valence-electron chi connectivity index (χ0n) is 14.2. The molecule has 0 amide bonds. The van der Waals surface area contributed by atoms with Crippen molar-refractivity contribution < 1.29 is 5.21 Å². The Hall–Kier alpha value is -2.17. The third-order valence-corrected chi connectivity index (χ3v) is 5.15. The van der Waals surface area contributed by atoms with Crippen LogP contribution in [-0.4, -0.2) is 15.9 Å². The fourth-order valence-electron chi connectivity index (χ4n) is 3.07. The molecule has 1 N–H and O–H groups in total. The smallest absolute Gasteiger partial charge is 0.129 e. The minimum atomic E-state index is 0.0575. The second kappa shape index (κ2) is 8.47. The number of hydrogen-bond acceptors (Lipinski definition) is 3. The van der Waals surface area contributed by atoms with Gasteiger partial charge < -0.3 is 5.21 Å². The quantitative estimate of drug-likeness (QED) is 0.227. The Bertz CT molecular complexity index is 925. The number of halogens is 2. The van der Waals surface area contributed by atoms with Gasteiger partial charge in [0.15, 0.2) is 0 Å². The number of hydrogen-bond donors (Lipinski definition) is 1. The molecule has 132 valence electrons. The average Bonchev–Trinajstić information content (AvgIpc) is 2.65. The van der Waals surface area contributed by atoms with Gasteiger partial charge in [0.1, 0.15) is 5.15 Å². The van der Waals surface area contributed by atoms with Gasteiger partial charge in [0.2, 0.25) is 0 Å². The largest absolute Gasteiger partial charge is 0.411 e. The lowest BCUT2D eigenvalue weighted by Gasteiger charge is -2.21. The van der Waals surface area contributed by atoms with E-state index in [1.54, 1.807) is 18.3 Å². The van der Waals surface area contributed by atoms with E-state index in [0.717, 1.165) is 15.6 Å². The lowest BCUT2D eigenvalue weighted by Crippen LogP contribution is -2.11. The van der Waals surface area contributed by atoms with Crippen LogP contribution in [0.3, 0.4) is 0 Å². The van der Waals surface area contributed by atoms with Crippen molar-refractivity contribution >= 4 is 33.2 Å². The van der Waals surface area contributed by atoms with E-state index in [-0.39, 0.29) is 5.92 Å². The molecular formula is C21H18BrClN2O. The second-order valence-electron chi connectivity index (χ2n) is 6.08. The Labute approximate surface area is 166 Å². The first-order valence-electron chi connectivity index (χ1n) is 8.22. The molecule has 1 aromatic heterocycles. The van der Waals surface area contributed by atoms with E-state index in [1.165, 1.54) is 11.1 Å². The normalized spacial score (nSPS) is 12.8. The van der Waals surface area contributed by atoms with Crippen molar-refractivity contribution in [2.24, 2.45) is 5.16 Å². The van der Waals surface area contributed by atoms with E-state index in [2.05, 4.69) is 57.3 Å². The van der Waals surface area contributed by atoms with Crippen molar-refractivity contribution in [1.82, 2.24) is 4.98 Å². The van der Waals surface area contributed by atoms with Gasteiger partial charge in [-0.3, -0.25) is 0 Å². The van der Waals surface area contributed by atoms with Gasteiger partial charge in [-0.25, -0.2) is 4.98 Å². The minimum Gasteiger partial charge on any atom is -0.411 e. The summed E-state index contributed by atoms with van der Waals surface area (Å²) in [6, 6.07) is 20.0. The van der Waals surface area contributed by atoms with Crippen LogP contribution in [0.1, 0.15) is 34.6 Å². The first-order valence-corrected chi connectivity index (χ1v) is 9.39.